The van der Waals surface area contributed by atoms with Crippen LogP contribution in [0, 0.1) is 13.8 Å². The monoisotopic (exact) mass is 216 g/mol. The van der Waals surface area contributed by atoms with Gasteiger partial charge in [-0.1, -0.05) is 48.0 Å². The van der Waals surface area contributed by atoms with E-state index in [1.54, 1.807) is 0 Å². The molecule has 0 saturated carbocycles. The van der Waals surface area contributed by atoms with Gasteiger partial charge in [-0.3, -0.25) is 0 Å². The zero-order chi connectivity index (χ0) is 10.8. The Morgan fingerprint density at radius 1 is 0.867 bits per heavy atom. The Hall–Kier alpha value is -1.27. The molecule has 0 unspecified atom stereocenters. The minimum Gasteiger partial charge on any atom is -0.0837 e. The third kappa shape index (κ3) is 1.91. The summed E-state index contributed by atoms with van der Waals surface area (Å²) in [4.78, 5) is 0. The van der Waals surface area contributed by atoms with Crippen molar-refractivity contribution in [2.75, 3.05) is 0 Å². The van der Waals surface area contributed by atoms with Gasteiger partial charge in [0.1, 0.15) is 0 Å². The molecule has 0 aliphatic carbocycles. The number of hydrogen-bond acceptors (Lipinski definition) is 0. The van der Waals surface area contributed by atoms with E-state index >= 15 is 0 Å². The molecule has 2 aromatic rings. The minimum atomic E-state index is 0.823. The Bertz CT molecular complexity index is 472. The number of benzene rings is 2. The van der Waals surface area contributed by atoms with Crippen molar-refractivity contribution in [3.63, 3.8) is 0 Å². The lowest BCUT2D eigenvalue weighted by atomic mass is 9.97. The van der Waals surface area contributed by atoms with E-state index in [0.29, 0.717) is 0 Å². The Balaban J connectivity index is 2.68. The minimum absolute atomic E-state index is 0.823. The molecule has 15 heavy (non-hydrogen) atoms. The summed E-state index contributed by atoms with van der Waals surface area (Å²) in [6.07, 6.45) is 0. The molecule has 0 nitrogen and oxygen atoms in total. The fourth-order valence-electron chi connectivity index (χ4n) is 1.74. The smallest absolute Gasteiger partial charge is 0.0487 e. The quantitative estimate of drug-likeness (QED) is 0.652. The molecule has 0 fully saturated rings. The Morgan fingerprint density at radius 3 is 2.20 bits per heavy atom. The fourth-order valence-corrected chi connectivity index (χ4v) is 2.06. The van der Waals surface area contributed by atoms with Crippen LogP contribution in [0.3, 0.4) is 0 Å². The first-order valence-electron chi connectivity index (χ1n) is 5.01. The molecule has 0 aliphatic rings. The molecular formula is C14H13Cl. The van der Waals surface area contributed by atoms with Crippen molar-refractivity contribution in [3.8, 4) is 11.1 Å². The number of rotatable bonds is 1. The molecule has 0 bridgehead atoms. The summed E-state index contributed by atoms with van der Waals surface area (Å²) in [6.45, 7) is 4.22. The third-order valence-electron chi connectivity index (χ3n) is 2.75. The topological polar surface area (TPSA) is 0 Å². The van der Waals surface area contributed by atoms with Gasteiger partial charge in [0.05, 0.1) is 0 Å². The van der Waals surface area contributed by atoms with Crippen molar-refractivity contribution in [3.05, 3.63) is 58.6 Å². The van der Waals surface area contributed by atoms with Gasteiger partial charge in [0, 0.05) is 10.6 Å². The van der Waals surface area contributed by atoms with E-state index in [0.717, 1.165) is 10.6 Å². The number of aryl methyl sites for hydroxylation is 1. The Morgan fingerprint density at radius 2 is 1.53 bits per heavy atom. The van der Waals surface area contributed by atoms with Crippen LogP contribution in [0.15, 0.2) is 42.5 Å². The van der Waals surface area contributed by atoms with Crippen molar-refractivity contribution in [2.45, 2.75) is 13.8 Å². The van der Waals surface area contributed by atoms with Crippen LogP contribution >= 0.6 is 11.6 Å². The summed E-state index contributed by atoms with van der Waals surface area (Å²) in [5.41, 5.74) is 4.87. The summed E-state index contributed by atoms with van der Waals surface area (Å²) in [7, 11) is 0. The van der Waals surface area contributed by atoms with Gasteiger partial charge in [0.15, 0.2) is 0 Å². The molecule has 0 aliphatic heterocycles. The van der Waals surface area contributed by atoms with E-state index in [-0.39, 0.29) is 0 Å². The van der Waals surface area contributed by atoms with Gasteiger partial charge in [0.25, 0.3) is 0 Å². The van der Waals surface area contributed by atoms with Gasteiger partial charge in [-0.25, -0.2) is 0 Å². The summed E-state index contributed by atoms with van der Waals surface area (Å²) in [6, 6.07) is 14.3. The van der Waals surface area contributed by atoms with E-state index in [1.165, 1.54) is 16.7 Å². The van der Waals surface area contributed by atoms with E-state index in [9.17, 15) is 0 Å². The van der Waals surface area contributed by atoms with Crippen LogP contribution in [0.2, 0.25) is 5.02 Å². The lowest BCUT2D eigenvalue weighted by Gasteiger charge is -2.10. The van der Waals surface area contributed by atoms with Crippen LogP contribution in [-0.4, -0.2) is 0 Å². The standard InChI is InChI=1S/C14H13Cl/c1-10-8-9-13(15)14(11(10)2)12-6-4-3-5-7-12/h3-9H,1-2H3. The summed E-state index contributed by atoms with van der Waals surface area (Å²) in [5, 5.41) is 0.823. The molecule has 0 radical (unpaired) electrons. The van der Waals surface area contributed by atoms with Crippen LogP contribution in [0.5, 0.6) is 0 Å². The molecule has 0 atom stereocenters. The largest absolute Gasteiger partial charge is 0.0837 e. The number of halogens is 1. The molecule has 2 aromatic carbocycles. The maximum Gasteiger partial charge on any atom is 0.0487 e. The van der Waals surface area contributed by atoms with Gasteiger partial charge < -0.3 is 0 Å². The second kappa shape index (κ2) is 4.08. The lowest BCUT2D eigenvalue weighted by molar-refractivity contribution is 1.34. The molecule has 0 heterocycles. The first-order valence-corrected chi connectivity index (χ1v) is 5.39. The second-order valence-corrected chi connectivity index (χ2v) is 4.14. The number of hydrogen-bond donors (Lipinski definition) is 0. The summed E-state index contributed by atoms with van der Waals surface area (Å²) < 4.78 is 0. The molecule has 0 N–H and O–H groups in total. The third-order valence-corrected chi connectivity index (χ3v) is 3.06. The highest BCUT2D eigenvalue weighted by atomic mass is 35.5. The second-order valence-electron chi connectivity index (χ2n) is 3.73. The first-order chi connectivity index (χ1) is 7.20. The maximum absolute atomic E-state index is 6.24. The predicted octanol–water partition coefficient (Wildman–Crippen LogP) is 4.62. The predicted molar refractivity (Wildman–Crippen MR) is 66.4 cm³/mol. The van der Waals surface area contributed by atoms with E-state index < -0.39 is 0 Å². The first kappa shape index (κ1) is 10.3. The molecule has 1 heteroatoms. The van der Waals surface area contributed by atoms with Crippen LogP contribution in [-0.2, 0) is 0 Å². The molecule has 0 amide bonds. The maximum atomic E-state index is 6.24. The lowest BCUT2D eigenvalue weighted by Crippen LogP contribution is -1.88. The Kier molecular flexibility index (Phi) is 2.79. The fraction of sp³-hybridized carbons (Fsp3) is 0.143. The normalized spacial score (nSPS) is 10.3. The van der Waals surface area contributed by atoms with Gasteiger partial charge in [0.2, 0.25) is 0 Å². The van der Waals surface area contributed by atoms with Crippen molar-refractivity contribution in [2.24, 2.45) is 0 Å². The highest BCUT2D eigenvalue weighted by Crippen LogP contribution is 2.32. The van der Waals surface area contributed by atoms with Crippen molar-refractivity contribution in [1.82, 2.24) is 0 Å². The highest BCUT2D eigenvalue weighted by molar-refractivity contribution is 6.33. The average molecular weight is 217 g/mol. The van der Waals surface area contributed by atoms with Crippen molar-refractivity contribution >= 4 is 11.6 Å². The van der Waals surface area contributed by atoms with Crippen molar-refractivity contribution < 1.29 is 0 Å². The highest BCUT2D eigenvalue weighted by Gasteiger charge is 2.07. The molecule has 0 spiro atoms. The average Bonchev–Trinajstić information content (AvgIpc) is 2.26. The van der Waals surface area contributed by atoms with Crippen LogP contribution in [0.1, 0.15) is 11.1 Å². The Labute approximate surface area is 95.5 Å². The summed E-state index contributed by atoms with van der Waals surface area (Å²) in [5.74, 6) is 0. The summed E-state index contributed by atoms with van der Waals surface area (Å²) >= 11 is 6.24. The van der Waals surface area contributed by atoms with Gasteiger partial charge in [-0.05, 0) is 36.6 Å². The SMILES string of the molecule is Cc1ccc(Cl)c(-c2ccccc2)c1C. The zero-order valence-corrected chi connectivity index (χ0v) is 9.68. The van der Waals surface area contributed by atoms with E-state index in [1.807, 2.05) is 24.3 Å². The molecule has 76 valence electrons. The molecule has 0 saturated heterocycles. The van der Waals surface area contributed by atoms with Crippen LogP contribution in [0.4, 0.5) is 0 Å². The van der Waals surface area contributed by atoms with E-state index in [4.69, 9.17) is 11.6 Å². The molecule has 0 aromatic heterocycles. The van der Waals surface area contributed by atoms with Crippen molar-refractivity contribution in [1.29, 1.82) is 0 Å². The molecule has 2 rings (SSSR count). The van der Waals surface area contributed by atoms with Gasteiger partial charge >= 0.3 is 0 Å². The van der Waals surface area contributed by atoms with E-state index in [2.05, 4.69) is 32.0 Å². The molecular weight excluding hydrogens is 204 g/mol. The van der Waals surface area contributed by atoms with Gasteiger partial charge in [-0.15, -0.1) is 0 Å². The van der Waals surface area contributed by atoms with Gasteiger partial charge in [-0.2, -0.15) is 0 Å². The zero-order valence-electron chi connectivity index (χ0n) is 8.92. The van der Waals surface area contributed by atoms with Crippen LogP contribution < -0.4 is 0 Å². The van der Waals surface area contributed by atoms with Crippen LogP contribution in [0.25, 0.3) is 11.1 Å².